The number of anilines is 1. The van der Waals surface area contributed by atoms with Crippen molar-refractivity contribution in [1.82, 2.24) is 5.12 Å². The van der Waals surface area contributed by atoms with Gasteiger partial charge in [-0.2, -0.15) is 0 Å². The monoisotopic (exact) mass is 322 g/mol. The van der Waals surface area contributed by atoms with Crippen LogP contribution in [0.5, 0.6) is 0 Å². The summed E-state index contributed by atoms with van der Waals surface area (Å²) in [6, 6.07) is 8.03. The van der Waals surface area contributed by atoms with E-state index in [1.165, 1.54) is 17.5 Å². The number of benzene rings is 1. The van der Waals surface area contributed by atoms with E-state index in [9.17, 15) is 4.48 Å². The Morgan fingerprint density at radius 1 is 1.32 bits per heavy atom. The molecule has 0 saturated heterocycles. The van der Waals surface area contributed by atoms with E-state index in [1.807, 2.05) is 44.2 Å². The first-order valence-corrected chi connectivity index (χ1v) is 8.30. The molecule has 1 aromatic rings. The SMILES string of the molecule is C=C(/C=C(\C)N(F)C(C)SNc1ccc(C)cc1)C(C)(C)C. The van der Waals surface area contributed by atoms with E-state index in [0.29, 0.717) is 5.70 Å². The Labute approximate surface area is 138 Å². The minimum Gasteiger partial charge on any atom is -0.328 e. The van der Waals surface area contributed by atoms with E-state index < -0.39 is 0 Å². The molecule has 0 radical (unpaired) electrons. The second-order valence-electron chi connectivity index (χ2n) is 6.56. The second kappa shape index (κ2) is 7.73. The predicted octanol–water partition coefficient (Wildman–Crippen LogP) is 6.09. The fourth-order valence-electron chi connectivity index (χ4n) is 1.64. The van der Waals surface area contributed by atoms with Gasteiger partial charge in [-0.25, -0.2) is 5.12 Å². The lowest BCUT2D eigenvalue weighted by Crippen LogP contribution is -2.22. The molecular formula is C18H27FN2S. The minimum absolute atomic E-state index is 0.0569. The molecule has 0 aliphatic rings. The molecule has 0 aromatic heterocycles. The molecule has 1 unspecified atom stereocenters. The van der Waals surface area contributed by atoms with Gasteiger partial charge in [-0.3, -0.25) is 0 Å². The molecule has 1 atom stereocenters. The summed E-state index contributed by atoms with van der Waals surface area (Å²) in [5, 5.41) is 0.424. The van der Waals surface area contributed by atoms with Gasteiger partial charge in [0.1, 0.15) is 5.37 Å². The van der Waals surface area contributed by atoms with Crippen molar-refractivity contribution in [3.63, 3.8) is 0 Å². The van der Waals surface area contributed by atoms with Crippen LogP contribution in [0.3, 0.4) is 0 Å². The van der Waals surface area contributed by atoms with Crippen molar-refractivity contribution >= 4 is 17.6 Å². The molecule has 2 nitrogen and oxygen atoms in total. The maximum atomic E-state index is 14.4. The summed E-state index contributed by atoms with van der Waals surface area (Å²) in [6.45, 7) is 15.8. The van der Waals surface area contributed by atoms with Gasteiger partial charge in [-0.15, -0.1) is 0 Å². The Bertz CT molecular complexity index is 529. The van der Waals surface area contributed by atoms with E-state index in [0.717, 1.165) is 16.4 Å². The van der Waals surface area contributed by atoms with Crippen LogP contribution >= 0.6 is 11.9 Å². The van der Waals surface area contributed by atoms with E-state index in [4.69, 9.17) is 0 Å². The van der Waals surface area contributed by atoms with Crippen molar-refractivity contribution in [3.05, 3.63) is 53.8 Å². The molecule has 22 heavy (non-hydrogen) atoms. The third-order valence-electron chi connectivity index (χ3n) is 3.40. The summed E-state index contributed by atoms with van der Waals surface area (Å²) >= 11 is 1.34. The molecular weight excluding hydrogens is 295 g/mol. The van der Waals surface area contributed by atoms with Crippen molar-refractivity contribution in [1.29, 1.82) is 0 Å². The van der Waals surface area contributed by atoms with E-state index in [1.54, 1.807) is 6.92 Å². The van der Waals surface area contributed by atoms with Crippen LogP contribution in [0.4, 0.5) is 10.2 Å². The second-order valence-corrected chi connectivity index (χ2v) is 7.68. The normalized spacial score (nSPS) is 13.7. The van der Waals surface area contributed by atoms with Gasteiger partial charge in [0.25, 0.3) is 0 Å². The molecule has 0 bridgehead atoms. The summed E-state index contributed by atoms with van der Waals surface area (Å²) in [7, 11) is 0. The summed E-state index contributed by atoms with van der Waals surface area (Å²) < 4.78 is 17.5. The average Bonchev–Trinajstić information content (AvgIpc) is 2.44. The maximum Gasteiger partial charge on any atom is 0.123 e. The topological polar surface area (TPSA) is 15.3 Å². The zero-order valence-corrected chi connectivity index (χ0v) is 15.2. The Hall–Kier alpha value is -1.42. The number of hydrogen-bond donors (Lipinski definition) is 1. The van der Waals surface area contributed by atoms with Gasteiger partial charge in [-0.05, 0) is 61.9 Å². The highest BCUT2D eigenvalue weighted by atomic mass is 32.2. The van der Waals surface area contributed by atoms with Crippen LogP contribution < -0.4 is 4.72 Å². The van der Waals surface area contributed by atoms with Crippen LogP contribution in [0.2, 0.25) is 0 Å². The standard InChI is InChI=1S/C18H27FN2S/c1-13-8-10-17(11-9-13)20-22-16(4)21(19)15(3)12-14(2)18(5,6)7/h8-12,16,20H,2H2,1,3-7H3/b15-12+. The molecule has 0 aliphatic heterocycles. The Morgan fingerprint density at radius 3 is 2.36 bits per heavy atom. The first-order valence-electron chi connectivity index (χ1n) is 7.42. The van der Waals surface area contributed by atoms with Crippen molar-refractivity contribution in [2.45, 2.75) is 46.9 Å². The largest absolute Gasteiger partial charge is 0.328 e. The molecule has 0 heterocycles. The van der Waals surface area contributed by atoms with Crippen LogP contribution in [0.15, 0.2) is 48.2 Å². The van der Waals surface area contributed by atoms with Gasteiger partial charge in [0.15, 0.2) is 0 Å². The number of nitrogens with one attached hydrogen (secondary N) is 1. The number of rotatable bonds is 6. The van der Waals surface area contributed by atoms with E-state index >= 15 is 0 Å². The highest BCUT2D eigenvalue weighted by Crippen LogP contribution is 2.28. The lowest BCUT2D eigenvalue weighted by molar-refractivity contribution is 0.0634. The fourth-order valence-corrected chi connectivity index (χ4v) is 2.34. The lowest BCUT2D eigenvalue weighted by atomic mass is 9.87. The van der Waals surface area contributed by atoms with Crippen molar-refractivity contribution in [2.75, 3.05) is 4.72 Å². The van der Waals surface area contributed by atoms with Crippen LogP contribution in [0.25, 0.3) is 0 Å². The first-order chi connectivity index (χ1) is 10.1. The molecule has 1 rings (SSSR count). The Kier molecular flexibility index (Phi) is 6.54. The predicted molar refractivity (Wildman–Crippen MR) is 97.2 cm³/mol. The maximum absolute atomic E-state index is 14.4. The average molecular weight is 322 g/mol. The quantitative estimate of drug-likeness (QED) is 0.295. The molecule has 0 amide bonds. The first kappa shape index (κ1) is 18.6. The van der Waals surface area contributed by atoms with E-state index in [-0.39, 0.29) is 10.8 Å². The van der Waals surface area contributed by atoms with Gasteiger partial charge >= 0.3 is 0 Å². The Balaban J connectivity index is 2.60. The molecule has 0 aliphatic carbocycles. The number of halogens is 1. The third-order valence-corrected chi connectivity index (χ3v) is 4.28. The summed E-state index contributed by atoms with van der Waals surface area (Å²) in [6.07, 6.45) is 1.81. The Morgan fingerprint density at radius 2 is 1.86 bits per heavy atom. The number of allylic oxidation sites excluding steroid dienone is 3. The molecule has 1 N–H and O–H groups in total. The number of nitrogens with zero attached hydrogens (tertiary/aromatic N) is 1. The number of aryl methyl sites for hydroxylation is 1. The van der Waals surface area contributed by atoms with Crippen LogP contribution in [-0.4, -0.2) is 10.5 Å². The van der Waals surface area contributed by atoms with Gasteiger partial charge < -0.3 is 4.72 Å². The highest BCUT2D eigenvalue weighted by Gasteiger charge is 2.18. The summed E-state index contributed by atoms with van der Waals surface area (Å²) in [4.78, 5) is 0. The molecule has 1 aromatic carbocycles. The van der Waals surface area contributed by atoms with Gasteiger partial charge in [0.2, 0.25) is 0 Å². The molecule has 122 valence electrons. The van der Waals surface area contributed by atoms with Crippen molar-refractivity contribution < 1.29 is 4.48 Å². The van der Waals surface area contributed by atoms with Crippen LogP contribution in [0, 0.1) is 12.3 Å². The fraction of sp³-hybridized carbons (Fsp3) is 0.444. The summed E-state index contributed by atoms with van der Waals surface area (Å²) in [5.41, 5.74) is 3.59. The summed E-state index contributed by atoms with van der Waals surface area (Å²) in [5.74, 6) is 0. The molecule has 0 fully saturated rings. The lowest BCUT2D eigenvalue weighted by Gasteiger charge is -2.24. The van der Waals surface area contributed by atoms with Crippen LogP contribution in [0.1, 0.15) is 40.2 Å². The van der Waals surface area contributed by atoms with Gasteiger partial charge in [0, 0.05) is 11.4 Å². The molecule has 0 saturated carbocycles. The number of hydrogen-bond acceptors (Lipinski definition) is 3. The van der Waals surface area contributed by atoms with Crippen molar-refractivity contribution in [3.8, 4) is 0 Å². The molecule has 4 heteroatoms. The molecule has 0 spiro atoms. The zero-order valence-electron chi connectivity index (χ0n) is 14.4. The van der Waals surface area contributed by atoms with Crippen LogP contribution in [-0.2, 0) is 0 Å². The third kappa shape index (κ3) is 5.76. The highest BCUT2D eigenvalue weighted by molar-refractivity contribution is 8.01. The van der Waals surface area contributed by atoms with Gasteiger partial charge in [0.05, 0.1) is 0 Å². The van der Waals surface area contributed by atoms with Crippen molar-refractivity contribution in [2.24, 2.45) is 5.41 Å². The minimum atomic E-state index is -0.342. The smallest absolute Gasteiger partial charge is 0.123 e. The van der Waals surface area contributed by atoms with E-state index in [2.05, 4.69) is 32.1 Å². The van der Waals surface area contributed by atoms with Gasteiger partial charge in [-0.1, -0.05) is 49.5 Å². The zero-order chi connectivity index (χ0) is 16.9.